The van der Waals surface area contributed by atoms with Crippen LogP contribution in [0.15, 0.2) is 60.7 Å². The molecule has 0 spiro atoms. The second-order valence-corrected chi connectivity index (χ2v) is 7.45. The molecule has 0 aliphatic carbocycles. The number of carbonyl (C=O) groups is 2. The Labute approximate surface area is 178 Å². The second kappa shape index (κ2) is 10.6. The van der Waals surface area contributed by atoms with E-state index in [4.69, 9.17) is 4.74 Å². The van der Waals surface area contributed by atoms with Crippen molar-refractivity contribution < 1.29 is 14.3 Å². The van der Waals surface area contributed by atoms with E-state index in [1.807, 2.05) is 47.4 Å². The number of methoxy groups -OCH3 is 1. The zero-order valence-corrected chi connectivity index (χ0v) is 17.7. The molecule has 0 atom stereocenters. The van der Waals surface area contributed by atoms with Crippen LogP contribution >= 0.6 is 0 Å². The average Bonchev–Trinajstić information content (AvgIpc) is 2.78. The Bertz CT molecular complexity index is 874. The van der Waals surface area contributed by atoms with Crippen molar-refractivity contribution in [2.45, 2.75) is 6.54 Å². The van der Waals surface area contributed by atoms with Crippen molar-refractivity contribution in [1.29, 1.82) is 0 Å². The van der Waals surface area contributed by atoms with Crippen LogP contribution in [-0.4, -0.2) is 73.4 Å². The lowest BCUT2D eigenvalue weighted by Gasteiger charge is -2.35. The summed E-state index contributed by atoms with van der Waals surface area (Å²) in [6.07, 6.45) is 3.22. The van der Waals surface area contributed by atoms with Gasteiger partial charge in [-0.2, -0.15) is 0 Å². The van der Waals surface area contributed by atoms with Gasteiger partial charge in [0, 0.05) is 45.8 Å². The molecule has 0 saturated carbocycles. The van der Waals surface area contributed by atoms with Crippen molar-refractivity contribution in [3.05, 3.63) is 71.8 Å². The summed E-state index contributed by atoms with van der Waals surface area (Å²) in [6, 6.07) is 17.8. The Hall–Kier alpha value is -3.12. The molecule has 0 unspecified atom stereocenters. The second-order valence-electron chi connectivity index (χ2n) is 7.45. The first kappa shape index (κ1) is 21.6. The van der Waals surface area contributed by atoms with E-state index in [2.05, 4.69) is 17.0 Å². The Morgan fingerprint density at radius 1 is 1.03 bits per heavy atom. The normalized spacial score (nSPS) is 14.7. The molecular formula is C24H29N3O3. The van der Waals surface area contributed by atoms with E-state index in [1.54, 1.807) is 20.2 Å². The maximum Gasteiger partial charge on any atom is 0.246 e. The van der Waals surface area contributed by atoms with Gasteiger partial charge in [-0.25, -0.2) is 0 Å². The van der Waals surface area contributed by atoms with E-state index in [9.17, 15) is 9.59 Å². The Morgan fingerprint density at radius 3 is 2.47 bits per heavy atom. The number of ether oxygens (including phenoxy) is 1. The van der Waals surface area contributed by atoms with Crippen LogP contribution in [0.2, 0.25) is 0 Å². The lowest BCUT2D eigenvalue weighted by atomic mass is 10.2. The molecule has 6 heteroatoms. The molecule has 0 aromatic heterocycles. The van der Waals surface area contributed by atoms with E-state index in [0.717, 1.165) is 30.9 Å². The van der Waals surface area contributed by atoms with Crippen molar-refractivity contribution in [2.24, 2.45) is 0 Å². The molecule has 6 nitrogen and oxygen atoms in total. The van der Waals surface area contributed by atoms with Gasteiger partial charge in [0.2, 0.25) is 11.8 Å². The molecule has 0 bridgehead atoms. The molecule has 2 aromatic carbocycles. The van der Waals surface area contributed by atoms with Crippen LogP contribution < -0.4 is 4.74 Å². The third kappa shape index (κ3) is 6.19. The zero-order valence-electron chi connectivity index (χ0n) is 17.7. The number of hydrogen-bond acceptors (Lipinski definition) is 4. The van der Waals surface area contributed by atoms with E-state index in [0.29, 0.717) is 13.1 Å². The molecule has 1 aliphatic rings. The molecule has 0 N–H and O–H groups in total. The molecule has 0 radical (unpaired) electrons. The van der Waals surface area contributed by atoms with Crippen molar-refractivity contribution in [2.75, 3.05) is 46.9 Å². The molecule has 2 amide bonds. The lowest BCUT2D eigenvalue weighted by molar-refractivity contribution is -0.138. The highest BCUT2D eigenvalue weighted by molar-refractivity contribution is 5.94. The number of benzene rings is 2. The van der Waals surface area contributed by atoms with E-state index >= 15 is 0 Å². The lowest BCUT2D eigenvalue weighted by Crippen LogP contribution is -2.50. The van der Waals surface area contributed by atoms with Gasteiger partial charge in [-0.05, 0) is 29.3 Å². The number of carbonyl (C=O) groups excluding carboxylic acids is 2. The molecule has 1 heterocycles. The third-order valence-corrected chi connectivity index (χ3v) is 5.23. The fourth-order valence-electron chi connectivity index (χ4n) is 3.42. The summed E-state index contributed by atoms with van der Waals surface area (Å²) in [5.74, 6) is 0.522. The predicted molar refractivity (Wildman–Crippen MR) is 118 cm³/mol. The van der Waals surface area contributed by atoms with Gasteiger partial charge in [-0.3, -0.25) is 14.5 Å². The number of likely N-dealkylation sites (N-methyl/N-ethyl adjacent to an activating group) is 1. The monoisotopic (exact) mass is 407 g/mol. The van der Waals surface area contributed by atoms with Gasteiger partial charge in [-0.1, -0.05) is 42.5 Å². The van der Waals surface area contributed by atoms with Crippen LogP contribution in [-0.2, 0) is 16.1 Å². The minimum atomic E-state index is -0.200. The maximum absolute atomic E-state index is 12.6. The van der Waals surface area contributed by atoms with Crippen molar-refractivity contribution in [1.82, 2.24) is 14.7 Å². The van der Waals surface area contributed by atoms with Crippen molar-refractivity contribution in [3.8, 4) is 5.75 Å². The summed E-state index contributed by atoms with van der Waals surface area (Å²) in [6.45, 7) is 4.04. The zero-order chi connectivity index (χ0) is 21.3. The van der Waals surface area contributed by atoms with Gasteiger partial charge >= 0.3 is 0 Å². The van der Waals surface area contributed by atoms with Gasteiger partial charge in [0.05, 0.1) is 13.7 Å². The molecule has 30 heavy (non-hydrogen) atoms. The Morgan fingerprint density at radius 2 is 1.77 bits per heavy atom. The first-order valence-electron chi connectivity index (χ1n) is 10.2. The standard InChI is InChI=1S/C24H29N3O3/c1-25(23(28)12-11-20-9-6-10-22(17-20)30-2)19-24(29)27-15-13-26(14-16-27)18-21-7-4-3-5-8-21/h3-12,17H,13-16,18-19H2,1-2H3/b12-11+. The first-order valence-corrected chi connectivity index (χ1v) is 10.2. The minimum Gasteiger partial charge on any atom is -0.497 e. The maximum atomic E-state index is 12.6. The number of rotatable bonds is 7. The number of hydrogen-bond donors (Lipinski definition) is 0. The smallest absolute Gasteiger partial charge is 0.246 e. The van der Waals surface area contributed by atoms with Crippen LogP contribution in [0.3, 0.4) is 0 Å². The molecule has 1 fully saturated rings. The molecular weight excluding hydrogens is 378 g/mol. The largest absolute Gasteiger partial charge is 0.497 e. The summed E-state index contributed by atoms with van der Waals surface area (Å²) in [7, 11) is 3.26. The Balaban J connectivity index is 1.44. The third-order valence-electron chi connectivity index (χ3n) is 5.23. The van der Waals surface area contributed by atoms with Crippen LogP contribution in [0, 0.1) is 0 Å². The SMILES string of the molecule is COc1cccc(/C=C/C(=O)N(C)CC(=O)N2CCN(Cc3ccccc3)CC2)c1. The molecule has 1 aliphatic heterocycles. The number of nitrogens with zero attached hydrogens (tertiary/aromatic N) is 3. The van der Waals surface area contributed by atoms with Crippen LogP contribution in [0.5, 0.6) is 5.75 Å². The minimum absolute atomic E-state index is 0.0139. The van der Waals surface area contributed by atoms with Crippen LogP contribution in [0.25, 0.3) is 6.08 Å². The van der Waals surface area contributed by atoms with E-state index in [-0.39, 0.29) is 18.4 Å². The summed E-state index contributed by atoms with van der Waals surface area (Å²) < 4.78 is 5.19. The quantitative estimate of drug-likeness (QED) is 0.662. The van der Waals surface area contributed by atoms with Gasteiger partial charge in [0.15, 0.2) is 0 Å². The highest BCUT2D eigenvalue weighted by atomic mass is 16.5. The van der Waals surface area contributed by atoms with Crippen molar-refractivity contribution >= 4 is 17.9 Å². The first-order chi connectivity index (χ1) is 14.5. The van der Waals surface area contributed by atoms with E-state index in [1.165, 1.54) is 16.5 Å². The van der Waals surface area contributed by atoms with Gasteiger partial charge in [-0.15, -0.1) is 0 Å². The summed E-state index contributed by atoms with van der Waals surface area (Å²) in [5, 5.41) is 0. The molecule has 2 aromatic rings. The fourth-order valence-corrected chi connectivity index (χ4v) is 3.42. The summed E-state index contributed by atoms with van der Waals surface area (Å²) >= 11 is 0. The van der Waals surface area contributed by atoms with E-state index < -0.39 is 0 Å². The highest BCUT2D eigenvalue weighted by Gasteiger charge is 2.22. The van der Waals surface area contributed by atoms with Crippen molar-refractivity contribution in [3.63, 3.8) is 0 Å². The van der Waals surface area contributed by atoms with Crippen LogP contribution in [0.1, 0.15) is 11.1 Å². The topological polar surface area (TPSA) is 53.1 Å². The Kier molecular flexibility index (Phi) is 7.63. The van der Waals surface area contributed by atoms with Gasteiger partial charge < -0.3 is 14.5 Å². The summed E-state index contributed by atoms with van der Waals surface area (Å²) in [4.78, 5) is 30.6. The number of piperazine rings is 1. The number of amides is 2. The summed E-state index contributed by atoms with van der Waals surface area (Å²) in [5.41, 5.74) is 2.15. The van der Waals surface area contributed by atoms with Crippen LogP contribution in [0.4, 0.5) is 0 Å². The molecule has 158 valence electrons. The molecule has 3 rings (SSSR count). The fraction of sp³-hybridized carbons (Fsp3) is 0.333. The highest BCUT2D eigenvalue weighted by Crippen LogP contribution is 2.14. The predicted octanol–water partition coefficient (Wildman–Crippen LogP) is 2.51. The van der Waals surface area contributed by atoms with Gasteiger partial charge in [0.25, 0.3) is 0 Å². The average molecular weight is 408 g/mol. The van der Waals surface area contributed by atoms with Gasteiger partial charge in [0.1, 0.15) is 5.75 Å². The molecule has 1 saturated heterocycles.